The molecule has 0 aliphatic rings. The lowest BCUT2D eigenvalue weighted by atomic mass is 10.2. The summed E-state index contributed by atoms with van der Waals surface area (Å²) in [7, 11) is 0. The molecule has 96 valence electrons. The highest BCUT2D eigenvalue weighted by molar-refractivity contribution is 6.30. The van der Waals surface area contributed by atoms with E-state index in [0.29, 0.717) is 21.7 Å². The number of fused-ring (bicyclic) bond motifs is 1. The molecule has 0 saturated carbocycles. The van der Waals surface area contributed by atoms with Crippen LogP contribution in [0, 0.1) is 0 Å². The first kappa shape index (κ1) is 13.0. The highest BCUT2D eigenvalue weighted by atomic mass is 35.5. The molecule has 2 aromatic heterocycles. The minimum atomic E-state index is -2.61. The lowest BCUT2D eigenvalue weighted by Crippen LogP contribution is -2.12. The normalized spacial score (nSPS) is 11.5. The van der Waals surface area contributed by atoms with Crippen LogP contribution in [0.5, 0.6) is 0 Å². The van der Waals surface area contributed by atoms with E-state index in [-0.39, 0.29) is 11.7 Å². The van der Waals surface area contributed by atoms with Gasteiger partial charge >= 0.3 is 0 Å². The van der Waals surface area contributed by atoms with Crippen LogP contribution >= 0.6 is 11.6 Å². The summed E-state index contributed by atoms with van der Waals surface area (Å²) in [4.78, 5) is 7.83. The summed E-state index contributed by atoms with van der Waals surface area (Å²) in [5.41, 5.74) is -0.269. The van der Waals surface area contributed by atoms with Crippen molar-refractivity contribution < 1.29 is 8.78 Å². The van der Waals surface area contributed by atoms with Gasteiger partial charge in [-0.25, -0.2) is 18.7 Å². The Balaban J connectivity index is 2.65. The van der Waals surface area contributed by atoms with Crippen molar-refractivity contribution >= 4 is 28.2 Å². The first-order valence-corrected chi connectivity index (χ1v) is 5.86. The molecule has 0 aliphatic carbocycles. The number of halogens is 3. The second-order valence-electron chi connectivity index (χ2n) is 4.22. The average molecular weight is 272 g/mol. The lowest BCUT2D eigenvalue weighted by molar-refractivity contribution is 0.146. The molecule has 0 spiro atoms. The third-order valence-electron chi connectivity index (χ3n) is 2.35. The predicted octanol–water partition coefficient (Wildman–Crippen LogP) is 4.04. The molecule has 0 amide bonds. The predicted molar refractivity (Wildman–Crippen MR) is 68.3 cm³/mol. The van der Waals surface area contributed by atoms with E-state index >= 15 is 0 Å². The number of hydrogen-bond acceptors (Lipinski definition) is 3. The van der Waals surface area contributed by atoms with Crippen molar-refractivity contribution in [3.05, 3.63) is 29.2 Å². The topological polar surface area (TPSA) is 37.8 Å². The summed E-state index contributed by atoms with van der Waals surface area (Å²) in [6, 6.07) is 3.03. The summed E-state index contributed by atoms with van der Waals surface area (Å²) < 4.78 is 25.5. The Hall–Kier alpha value is -1.49. The van der Waals surface area contributed by atoms with Crippen LogP contribution in [0.15, 0.2) is 18.3 Å². The van der Waals surface area contributed by atoms with Gasteiger partial charge in [0.25, 0.3) is 6.43 Å². The zero-order valence-corrected chi connectivity index (χ0v) is 10.7. The molecule has 1 N–H and O–H groups in total. The van der Waals surface area contributed by atoms with Crippen molar-refractivity contribution in [1.29, 1.82) is 0 Å². The second-order valence-corrected chi connectivity index (χ2v) is 4.61. The summed E-state index contributed by atoms with van der Waals surface area (Å²) in [6.45, 7) is 3.82. The fourth-order valence-electron chi connectivity index (χ4n) is 1.64. The monoisotopic (exact) mass is 271 g/mol. The molecule has 0 unspecified atom stereocenters. The maximum absolute atomic E-state index is 12.8. The molecule has 0 aliphatic heterocycles. The number of anilines is 1. The highest BCUT2D eigenvalue weighted by Gasteiger charge is 2.14. The highest BCUT2D eigenvalue weighted by Crippen LogP contribution is 2.28. The number of aromatic nitrogens is 2. The quantitative estimate of drug-likeness (QED) is 0.856. The summed E-state index contributed by atoms with van der Waals surface area (Å²) >= 11 is 5.81. The largest absolute Gasteiger partial charge is 0.367 e. The van der Waals surface area contributed by atoms with Gasteiger partial charge in [0.05, 0.1) is 0 Å². The molecule has 0 fully saturated rings. The van der Waals surface area contributed by atoms with Crippen molar-refractivity contribution in [2.24, 2.45) is 0 Å². The number of nitrogens with one attached hydrogen (secondary N) is 1. The second kappa shape index (κ2) is 5.02. The van der Waals surface area contributed by atoms with E-state index in [1.807, 2.05) is 13.8 Å². The Bertz CT molecular complexity index is 572. The van der Waals surface area contributed by atoms with Crippen LogP contribution in [0.4, 0.5) is 14.6 Å². The van der Waals surface area contributed by atoms with Crippen molar-refractivity contribution in [3.63, 3.8) is 0 Å². The zero-order valence-electron chi connectivity index (χ0n) is 9.92. The molecule has 2 aromatic rings. The molecule has 0 aromatic carbocycles. The van der Waals surface area contributed by atoms with Crippen LogP contribution < -0.4 is 5.32 Å². The van der Waals surface area contributed by atoms with Gasteiger partial charge in [0.15, 0.2) is 0 Å². The lowest BCUT2D eigenvalue weighted by Gasteiger charge is -2.13. The van der Waals surface area contributed by atoms with Crippen LogP contribution in [0.3, 0.4) is 0 Å². The molecule has 2 rings (SSSR count). The molecule has 0 saturated heterocycles. The summed E-state index contributed by atoms with van der Waals surface area (Å²) in [5.74, 6) is 0.405. The van der Waals surface area contributed by atoms with Crippen molar-refractivity contribution in [3.8, 4) is 0 Å². The minimum Gasteiger partial charge on any atom is -0.367 e. The molecule has 0 atom stereocenters. The van der Waals surface area contributed by atoms with Gasteiger partial charge in [-0.1, -0.05) is 11.6 Å². The SMILES string of the molecule is CC(C)Nc1nc(C(F)F)cc2cnc(Cl)cc12. The van der Waals surface area contributed by atoms with Crippen LogP contribution in [0.2, 0.25) is 5.15 Å². The molecule has 2 heterocycles. The van der Waals surface area contributed by atoms with Crippen LogP contribution in [0.25, 0.3) is 10.8 Å². The van der Waals surface area contributed by atoms with E-state index in [1.54, 1.807) is 6.07 Å². The number of pyridine rings is 2. The molecular formula is C12H12ClF2N3. The molecule has 3 nitrogen and oxygen atoms in total. The molecular weight excluding hydrogens is 260 g/mol. The van der Waals surface area contributed by atoms with Crippen molar-refractivity contribution in [1.82, 2.24) is 9.97 Å². The van der Waals surface area contributed by atoms with Crippen molar-refractivity contribution in [2.45, 2.75) is 26.3 Å². The molecule has 6 heteroatoms. The van der Waals surface area contributed by atoms with E-state index in [4.69, 9.17) is 11.6 Å². The van der Waals surface area contributed by atoms with Gasteiger partial charge < -0.3 is 5.32 Å². The Morgan fingerprint density at radius 3 is 2.61 bits per heavy atom. The number of rotatable bonds is 3. The maximum atomic E-state index is 12.8. The standard InChI is InChI=1S/C12H12ClF2N3/c1-6(2)17-12-8-4-10(13)16-5-7(8)3-9(18-12)11(14)15/h3-6,11H,1-2H3,(H,17,18). The Kier molecular flexibility index (Phi) is 3.61. The van der Waals surface area contributed by atoms with Gasteiger partial charge in [-0.05, 0) is 26.0 Å². The van der Waals surface area contributed by atoms with Crippen LogP contribution in [-0.2, 0) is 0 Å². The third kappa shape index (κ3) is 2.67. The van der Waals surface area contributed by atoms with Gasteiger partial charge in [0.1, 0.15) is 16.7 Å². The van der Waals surface area contributed by atoms with E-state index < -0.39 is 6.43 Å². The third-order valence-corrected chi connectivity index (χ3v) is 2.56. The van der Waals surface area contributed by atoms with Gasteiger partial charge in [-0.3, -0.25) is 0 Å². The van der Waals surface area contributed by atoms with Gasteiger partial charge in [0, 0.05) is 23.0 Å². The Labute approximate surface area is 108 Å². The smallest absolute Gasteiger partial charge is 0.280 e. The van der Waals surface area contributed by atoms with E-state index in [1.165, 1.54) is 12.3 Å². The van der Waals surface area contributed by atoms with Gasteiger partial charge in [-0.15, -0.1) is 0 Å². The maximum Gasteiger partial charge on any atom is 0.280 e. The average Bonchev–Trinajstić information content (AvgIpc) is 2.28. The van der Waals surface area contributed by atoms with Crippen LogP contribution in [-0.4, -0.2) is 16.0 Å². The minimum absolute atomic E-state index is 0.0839. The molecule has 18 heavy (non-hydrogen) atoms. The van der Waals surface area contributed by atoms with Crippen molar-refractivity contribution in [2.75, 3.05) is 5.32 Å². The van der Waals surface area contributed by atoms with E-state index in [0.717, 1.165) is 0 Å². The number of hydrogen-bond donors (Lipinski definition) is 1. The van der Waals surface area contributed by atoms with E-state index in [2.05, 4.69) is 15.3 Å². The molecule has 0 bridgehead atoms. The number of nitrogens with zero attached hydrogens (tertiary/aromatic N) is 2. The first-order chi connectivity index (χ1) is 8.47. The van der Waals surface area contributed by atoms with Gasteiger partial charge in [-0.2, -0.15) is 0 Å². The van der Waals surface area contributed by atoms with Crippen LogP contribution in [0.1, 0.15) is 26.0 Å². The van der Waals surface area contributed by atoms with Gasteiger partial charge in [0.2, 0.25) is 0 Å². The fraction of sp³-hybridized carbons (Fsp3) is 0.333. The molecule has 0 radical (unpaired) electrons. The Morgan fingerprint density at radius 2 is 2.00 bits per heavy atom. The summed E-state index contributed by atoms with van der Waals surface area (Å²) in [5, 5.41) is 4.62. The first-order valence-electron chi connectivity index (χ1n) is 5.48. The summed E-state index contributed by atoms with van der Waals surface area (Å²) in [6.07, 6.45) is -1.14. The fourth-order valence-corrected chi connectivity index (χ4v) is 1.79. The van der Waals surface area contributed by atoms with E-state index in [9.17, 15) is 8.78 Å². The number of alkyl halides is 2. The Morgan fingerprint density at radius 1 is 1.28 bits per heavy atom. The zero-order chi connectivity index (χ0) is 13.3.